The number of likely N-dealkylation sites (N-methyl/N-ethyl adjacent to an activating group) is 1. The molecular weight excluding hydrogens is 518 g/mol. The highest BCUT2D eigenvalue weighted by atomic mass is 16.2. The summed E-state index contributed by atoms with van der Waals surface area (Å²) in [5.74, 6) is 0.845. The van der Waals surface area contributed by atoms with Crippen molar-refractivity contribution in [3.8, 4) is 0 Å². The summed E-state index contributed by atoms with van der Waals surface area (Å²) in [5, 5.41) is 9.61. The van der Waals surface area contributed by atoms with E-state index in [-0.39, 0.29) is 38.7 Å². The van der Waals surface area contributed by atoms with Crippen LogP contribution < -0.4 is 16.0 Å². The van der Waals surface area contributed by atoms with E-state index in [1.807, 2.05) is 17.9 Å². The van der Waals surface area contributed by atoms with Gasteiger partial charge in [-0.3, -0.25) is 18.8 Å². The molecule has 3 atom stereocenters. The maximum absolute atomic E-state index is 13.5. The lowest BCUT2D eigenvalue weighted by molar-refractivity contribution is -0.139. The molecule has 0 spiro atoms. The van der Waals surface area contributed by atoms with E-state index >= 15 is 0 Å². The van der Waals surface area contributed by atoms with Crippen LogP contribution in [0.2, 0.25) is 0 Å². The molecule has 3 N–H and O–H groups in total. The number of amides is 2. The van der Waals surface area contributed by atoms with E-state index in [0.29, 0.717) is 17.8 Å². The molecule has 10 nitrogen and oxygen atoms in total. The van der Waals surface area contributed by atoms with Gasteiger partial charge in [-0.05, 0) is 70.2 Å². The van der Waals surface area contributed by atoms with Crippen LogP contribution in [0.1, 0.15) is 64.4 Å². The number of imidazole rings is 1. The van der Waals surface area contributed by atoms with E-state index < -0.39 is 0 Å². The Morgan fingerprint density at radius 1 is 1.12 bits per heavy atom. The summed E-state index contributed by atoms with van der Waals surface area (Å²) in [6.07, 6.45) is 13.2. The number of carbonyl (C=O) groups is 3. The lowest BCUT2D eigenvalue weighted by Crippen LogP contribution is -2.56. The Kier molecular flexibility index (Phi) is 11.4. The standard InChI is InChI=1S/C24H38N4O2.C7H5N3O.2H2/c1-18(25-2)23(29)27-22(20-11-6-7-12-20)24(30)28-16-8-13-21(28)17-26-15-14-19-9-4-3-5-10-19;11-5-6-4-10-3-1-2-8-7(10)9-6;;/h3-5,9-10,18,20-22,25-26H,6-8,11-17H2,1-2H3,(H,27,29);1-5H;2*1H/t18-,21-,22-;;;/m0.../s1. The van der Waals surface area contributed by atoms with Gasteiger partial charge in [0.2, 0.25) is 17.6 Å². The average Bonchev–Trinajstić information content (AvgIpc) is 3.79. The third kappa shape index (κ3) is 8.43. The lowest BCUT2D eigenvalue weighted by atomic mass is 9.96. The molecule has 3 aromatic rings. The lowest BCUT2D eigenvalue weighted by Gasteiger charge is -2.32. The first kappa shape index (κ1) is 30.3. The van der Waals surface area contributed by atoms with Gasteiger partial charge < -0.3 is 20.9 Å². The minimum absolute atomic E-state index is 0. The monoisotopic (exact) mass is 565 g/mol. The van der Waals surface area contributed by atoms with Crippen LogP contribution in [-0.4, -0.2) is 82.2 Å². The quantitative estimate of drug-likeness (QED) is 0.241. The summed E-state index contributed by atoms with van der Waals surface area (Å²) in [6, 6.07) is 11.8. The SMILES string of the molecule is CN[C@@H](C)C(=O)N[C@H](C(=O)N1CCC[C@H]1CNCCc1ccccc1)C1CCCC1.O=Cc1cn2cccnc2n1.[HH].[HH]. The number of aldehydes is 1. The van der Waals surface area contributed by atoms with Crippen LogP contribution in [-0.2, 0) is 16.0 Å². The fourth-order valence-corrected chi connectivity index (χ4v) is 5.65. The zero-order valence-corrected chi connectivity index (χ0v) is 24.2. The molecule has 5 rings (SSSR count). The van der Waals surface area contributed by atoms with Gasteiger partial charge >= 0.3 is 0 Å². The summed E-state index contributed by atoms with van der Waals surface area (Å²) in [7, 11) is 1.77. The van der Waals surface area contributed by atoms with Gasteiger partial charge in [-0.1, -0.05) is 43.2 Å². The summed E-state index contributed by atoms with van der Waals surface area (Å²) in [6.45, 7) is 4.35. The number of likely N-dealkylation sites (tertiary alicyclic amines) is 1. The van der Waals surface area contributed by atoms with Crippen molar-refractivity contribution in [2.45, 2.75) is 70.0 Å². The van der Waals surface area contributed by atoms with Gasteiger partial charge in [-0.15, -0.1) is 0 Å². The van der Waals surface area contributed by atoms with Crippen molar-refractivity contribution in [3.63, 3.8) is 0 Å². The van der Waals surface area contributed by atoms with Crippen LogP contribution in [0.25, 0.3) is 5.78 Å². The van der Waals surface area contributed by atoms with E-state index in [1.54, 1.807) is 36.1 Å². The van der Waals surface area contributed by atoms with Crippen LogP contribution in [0.15, 0.2) is 55.0 Å². The minimum atomic E-state index is -0.388. The third-order valence-electron chi connectivity index (χ3n) is 8.11. The number of hydrogen-bond acceptors (Lipinski definition) is 7. The highest BCUT2D eigenvalue weighted by molar-refractivity contribution is 5.90. The second kappa shape index (κ2) is 15.4. The molecule has 2 fully saturated rings. The molecule has 1 aromatic carbocycles. The third-order valence-corrected chi connectivity index (χ3v) is 8.11. The number of carbonyl (C=O) groups excluding carboxylic acids is 3. The molecule has 224 valence electrons. The number of nitrogens with one attached hydrogen (secondary N) is 3. The maximum atomic E-state index is 13.5. The number of benzene rings is 1. The van der Waals surface area contributed by atoms with E-state index in [0.717, 1.165) is 64.6 Å². The molecule has 0 unspecified atom stereocenters. The molecule has 0 radical (unpaired) electrons. The first-order valence-corrected chi connectivity index (χ1v) is 14.8. The topological polar surface area (TPSA) is 121 Å². The van der Waals surface area contributed by atoms with E-state index in [4.69, 9.17) is 0 Å². The normalized spacial score (nSPS) is 18.5. The maximum Gasteiger partial charge on any atom is 0.245 e. The average molecular weight is 566 g/mol. The van der Waals surface area contributed by atoms with E-state index in [1.165, 1.54) is 5.56 Å². The molecule has 1 aliphatic carbocycles. The number of nitrogens with zero attached hydrogens (tertiary/aromatic N) is 4. The van der Waals surface area contributed by atoms with Crippen LogP contribution in [0, 0.1) is 5.92 Å². The zero-order chi connectivity index (χ0) is 29.0. The van der Waals surface area contributed by atoms with Gasteiger partial charge in [0.05, 0.1) is 6.04 Å². The molecule has 2 amide bonds. The number of fused-ring (bicyclic) bond motifs is 1. The Morgan fingerprint density at radius 3 is 2.61 bits per heavy atom. The highest BCUT2D eigenvalue weighted by Crippen LogP contribution is 2.30. The fraction of sp³-hybridized carbons (Fsp3) is 0.516. The Bertz CT molecular complexity index is 1240. The predicted molar refractivity (Wildman–Crippen MR) is 163 cm³/mol. The number of hydrogen-bond donors (Lipinski definition) is 3. The Balaban J connectivity index is 0.000000416. The summed E-state index contributed by atoms with van der Waals surface area (Å²) in [4.78, 5) is 46.2. The Morgan fingerprint density at radius 2 is 1.90 bits per heavy atom. The first-order valence-electron chi connectivity index (χ1n) is 14.8. The van der Waals surface area contributed by atoms with Crippen molar-refractivity contribution in [1.82, 2.24) is 35.2 Å². The fourth-order valence-electron chi connectivity index (χ4n) is 5.65. The van der Waals surface area contributed by atoms with Crippen LogP contribution in [0.4, 0.5) is 0 Å². The Labute approximate surface area is 245 Å². The van der Waals surface area contributed by atoms with Gasteiger partial charge in [0.25, 0.3) is 0 Å². The molecule has 2 aliphatic rings. The van der Waals surface area contributed by atoms with Crippen molar-refractivity contribution in [3.05, 3.63) is 66.2 Å². The van der Waals surface area contributed by atoms with Crippen molar-refractivity contribution < 1.29 is 17.2 Å². The van der Waals surface area contributed by atoms with Gasteiger partial charge in [-0.2, -0.15) is 0 Å². The summed E-state index contributed by atoms with van der Waals surface area (Å²) < 4.78 is 1.70. The number of rotatable bonds is 11. The van der Waals surface area contributed by atoms with Crippen molar-refractivity contribution >= 4 is 23.9 Å². The molecule has 1 saturated carbocycles. The summed E-state index contributed by atoms with van der Waals surface area (Å²) in [5.41, 5.74) is 1.73. The van der Waals surface area contributed by atoms with Crippen molar-refractivity contribution in [1.29, 1.82) is 0 Å². The van der Waals surface area contributed by atoms with Gasteiger partial charge in [0.1, 0.15) is 11.7 Å². The Hall–Kier alpha value is -3.63. The first-order chi connectivity index (χ1) is 20.0. The van der Waals surface area contributed by atoms with Crippen LogP contribution >= 0.6 is 0 Å². The number of aromatic nitrogens is 3. The molecular formula is C31H47N7O3. The van der Waals surface area contributed by atoms with Gasteiger partial charge in [0.15, 0.2) is 6.29 Å². The minimum Gasteiger partial charge on any atom is -0.343 e. The van der Waals surface area contributed by atoms with E-state index in [2.05, 4.69) is 50.2 Å². The smallest absolute Gasteiger partial charge is 0.245 e. The molecule has 1 saturated heterocycles. The zero-order valence-electron chi connectivity index (χ0n) is 24.2. The van der Waals surface area contributed by atoms with Gasteiger partial charge in [0, 0.05) is 40.6 Å². The molecule has 0 bridgehead atoms. The largest absolute Gasteiger partial charge is 0.343 e. The molecule has 1 aliphatic heterocycles. The molecule has 3 heterocycles. The van der Waals surface area contributed by atoms with Crippen LogP contribution in [0.3, 0.4) is 0 Å². The van der Waals surface area contributed by atoms with E-state index in [9.17, 15) is 14.4 Å². The summed E-state index contributed by atoms with van der Waals surface area (Å²) >= 11 is 0. The second-order valence-electron chi connectivity index (χ2n) is 10.9. The van der Waals surface area contributed by atoms with Crippen LogP contribution in [0.5, 0.6) is 0 Å². The molecule has 41 heavy (non-hydrogen) atoms. The van der Waals surface area contributed by atoms with Crippen molar-refractivity contribution in [2.24, 2.45) is 5.92 Å². The molecule has 2 aromatic heterocycles. The predicted octanol–water partition coefficient (Wildman–Crippen LogP) is 3.13. The van der Waals surface area contributed by atoms with Crippen molar-refractivity contribution in [2.75, 3.05) is 26.7 Å². The van der Waals surface area contributed by atoms with Gasteiger partial charge in [-0.25, -0.2) is 9.97 Å². The highest BCUT2D eigenvalue weighted by Gasteiger charge is 2.38. The second-order valence-corrected chi connectivity index (χ2v) is 10.9. The molecule has 10 heteroatoms.